The first kappa shape index (κ1) is 7.41. The van der Waals surface area contributed by atoms with Crippen LogP contribution in [0.15, 0.2) is 24.3 Å². The largest absolute Gasteiger partial charge is 0.489 e. The highest BCUT2D eigenvalue weighted by Crippen LogP contribution is 2.24. The summed E-state index contributed by atoms with van der Waals surface area (Å²) in [5, 5.41) is 0. The molecule has 0 bridgehead atoms. The predicted octanol–water partition coefficient (Wildman–Crippen LogP) is 2.65. The number of rotatable bonds is 1. The molecule has 1 aliphatic rings. The van der Waals surface area contributed by atoms with Gasteiger partial charge in [-0.05, 0) is 24.1 Å². The number of hydrogen-bond donors (Lipinski definition) is 0. The maximum absolute atomic E-state index is 5.48. The highest BCUT2D eigenvalue weighted by molar-refractivity contribution is 5.60. The van der Waals surface area contributed by atoms with Crippen LogP contribution in [0.1, 0.15) is 18.1 Å². The molecule has 1 nitrogen and oxygen atoms in total. The molecule has 0 aliphatic carbocycles. The van der Waals surface area contributed by atoms with Crippen molar-refractivity contribution in [1.29, 1.82) is 0 Å². The van der Waals surface area contributed by atoms with E-state index in [-0.39, 0.29) is 0 Å². The molecule has 2 rings (SSSR count). The molecule has 62 valence electrons. The smallest absolute Gasteiger partial charge is 0.127 e. The number of benzene rings is 1. The van der Waals surface area contributed by atoms with Gasteiger partial charge in [-0.3, -0.25) is 0 Å². The maximum atomic E-state index is 5.48. The van der Waals surface area contributed by atoms with Crippen molar-refractivity contribution in [2.45, 2.75) is 13.3 Å². The van der Waals surface area contributed by atoms with E-state index in [2.05, 4.69) is 31.2 Å². The van der Waals surface area contributed by atoms with Crippen molar-refractivity contribution >= 4 is 6.08 Å². The minimum atomic E-state index is 0.708. The van der Waals surface area contributed by atoms with Crippen LogP contribution in [0.4, 0.5) is 0 Å². The summed E-state index contributed by atoms with van der Waals surface area (Å²) in [5.74, 6) is 1.02. The van der Waals surface area contributed by atoms with Gasteiger partial charge in [0.1, 0.15) is 12.4 Å². The van der Waals surface area contributed by atoms with Crippen LogP contribution < -0.4 is 4.74 Å². The number of fused-ring (bicyclic) bond motifs is 1. The molecule has 0 amide bonds. The van der Waals surface area contributed by atoms with E-state index in [1.165, 1.54) is 11.1 Å². The molecule has 0 atom stereocenters. The lowest BCUT2D eigenvalue weighted by Gasteiger charge is -2.12. The summed E-state index contributed by atoms with van der Waals surface area (Å²) < 4.78 is 5.48. The Morgan fingerprint density at radius 3 is 3.17 bits per heavy atom. The third-order valence-electron chi connectivity index (χ3n) is 2.12. The van der Waals surface area contributed by atoms with E-state index in [1.54, 1.807) is 0 Å². The van der Waals surface area contributed by atoms with Crippen LogP contribution in [0.5, 0.6) is 5.75 Å². The van der Waals surface area contributed by atoms with Crippen molar-refractivity contribution < 1.29 is 4.74 Å². The maximum Gasteiger partial charge on any atom is 0.127 e. The molecule has 0 fully saturated rings. The molecular formula is C11H12O. The van der Waals surface area contributed by atoms with Crippen LogP contribution in [-0.2, 0) is 6.42 Å². The molecule has 0 aromatic heterocycles. The fourth-order valence-corrected chi connectivity index (χ4v) is 1.37. The fraction of sp³-hybridized carbons (Fsp3) is 0.273. The molecule has 0 spiro atoms. The number of aryl methyl sites for hydroxylation is 1. The third kappa shape index (κ3) is 1.22. The highest BCUT2D eigenvalue weighted by Gasteiger charge is 2.04. The summed E-state index contributed by atoms with van der Waals surface area (Å²) in [6.45, 7) is 2.86. The second kappa shape index (κ2) is 3.02. The Morgan fingerprint density at radius 2 is 2.33 bits per heavy atom. The van der Waals surface area contributed by atoms with E-state index in [0.717, 1.165) is 12.2 Å². The number of ether oxygens (including phenoxy) is 1. The van der Waals surface area contributed by atoms with E-state index < -0.39 is 0 Å². The third-order valence-corrected chi connectivity index (χ3v) is 2.12. The first-order valence-corrected chi connectivity index (χ1v) is 4.32. The zero-order valence-electron chi connectivity index (χ0n) is 7.21. The van der Waals surface area contributed by atoms with Gasteiger partial charge in [0.15, 0.2) is 0 Å². The summed E-state index contributed by atoms with van der Waals surface area (Å²) in [6, 6.07) is 6.39. The second-order valence-electron chi connectivity index (χ2n) is 2.94. The van der Waals surface area contributed by atoms with Gasteiger partial charge < -0.3 is 4.74 Å². The van der Waals surface area contributed by atoms with E-state index in [0.29, 0.717) is 6.61 Å². The molecule has 0 saturated carbocycles. The Morgan fingerprint density at radius 1 is 1.42 bits per heavy atom. The minimum absolute atomic E-state index is 0.708. The molecule has 12 heavy (non-hydrogen) atoms. The quantitative estimate of drug-likeness (QED) is 0.613. The summed E-state index contributed by atoms with van der Waals surface area (Å²) in [5.41, 5.74) is 2.53. The van der Waals surface area contributed by atoms with Crippen molar-refractivity contribution in [2.24, 2.45) is 0 Å². The predicted molar refractivity (Wildman–Crippen MR) is 50.3 cm³/mol. The first-order chi connectivity index (χ1) is 5.90. The molecule has 1 aromatic carbocycles. The van der Waals surface area contributed by atoms with Crippen LogP contribution in [0, 0.1) is 0 Å². The van der Waals surface area contributed by atoms with Gasteiger partial charge in [-0.2, -0.15) is 0 Å². The van der Waals surface area contributed by atoms with Crippen LogP contribution in [0.2, 0.25) is 0 Å². The fourth-order valence-electron chi connectivity index (χ4n) is 1.37. The Hall–Kier alpha value is -1.24. The summed E-state index contributed by atoms with van der Waals surface area (Å²) >= 11 is 0. The molecule has 1 heterocycles. The topological polar surface area (TPSA) is 9.23 Å². The Balaban J connectivity index is 2.44. The van der Waals surface area contributed by atoms with Crippen molar-refractivity contribution in [3.63, 3.8) is 0 Å². The molecule has 1 aliphatic heterocycles. The summed E-state index contributed by atoms with van der Waals surface area (Å²) in [4.78, 5) is 0. The zero-order chi connectivity index (χ0) is 8.39. The molecule has 0 saturated heterocycles. The van der Waals surface area contributed by atoms with Gasteiger partial charge in [-0.1, -0.05) is 25.1 Å². The molecule has 0 radical (unpaired) electrons. The van der Waals surface area contributed by atoms with Crippen LogP contribution in [0.25, 0.3) is 6.08 Å². The lowest BCUT2D eigenvalue weighted by atomic mass is 10.1. The zero-order valence-corrected chi connectivity index (χ0v) is 7.21. The Bertz CT molecular complexity index is 313. The minimum Gasteiger partial charge on any atom is -0.489 e. The average molecular weight is 160 g/mol. The lowest BCUT2D eigenvalue weighted by Crippen LogP contribution is -2.00. The summed E-state index contributed by atoms with van der Waals surface area (Å²) in [6.07, 6.45) is 5.21. The van der Waals surface area contributed by atoms with Gasteiger partial charge in [-0.25, -0.2) is 0 Å². The SMILES string of the molecule is CCc1ccc2c(c1)OCC=C2. The van der Waals surface area contributed by atoms with E-state index in [4.69, 9.17) is 4.74 Å². The normalized spacial score (nSPS) is 13.8. The van der Waals surface area contributed by atoms with E-state index in [9.17, 15) is 0 Å². The van der Waals surface area contributed by atoms with Crippen molar-refractivity contribution in [2.75, 3.05) is 6.61 Å². The molecule has 0 N–H and O–H groups in total. The lowest BCUT2D eigenvalue weighted by molar-refractivity contribution is 0.358. The Kier molecular flexibility index (Phi) is 1.86. The highest BCUT2D eigenvalue weighted by atomic mass is 16.5. The van der Waals surface area contributed by atoms with Gasteiger partial charge in [0, 0.05) is 5.56 Å². The van der Waals surface area contributed by atoms with Crippen molar-refractivity contribution in [1.82, 2.24) is 0 Å². The molecular weight excluding hydrogens is 148 g/mol. The van der Waals surface area contributed by atoms with Gasteiger partial charge >= 0.3 is 0 Å². The number of hydrogen-bond acceptors (Lipinski definition) is 1. The van der Waals surface area contributed by atoms with Gasteiger partial charge in [0.25, 0.3) is 0 Å². The molecule has 0 unspecified atom stereocenters. The molecule has 1 heteroatoms. The van der Waals surface area contributed by atoms with Crippen molar-refractivity contribution in [3.8, 4) is 5.75 Å². The average Bonchev–Trinajstić information content (AvgIpc) is 2.17. The molecule has 1 aromatic rings. The van der Waals surface area contributed by atoms with Gasteiger partial charge in [0.2, 0.25) is 0 Å². The van der Waals surface area contributed by atoms with Crippen LogP contribution in [-0.4, -0.2) is 6.61 Å². The first-order valence-electron chi connectivity index (χ1n) is 4.32. The van der Waals surface area contributed by atoms with E-state index in [1.807, 2.05) is 6.08 Å². The summed E-state index contributed by atoms with van der Waals surface area (Å²) in [7, 11) is 0. The standard InChI is InChI=1S/C11H12O/c1-2-9-5-6-10-4-3-7-12-11(10)8-9/h3-6,8H,2,7H2,1H3. The van der Waals surface area contributed by atoms with Gasteiger partial charge in [-0.15, -0.1) is 0 Å². The van der Waals surface area contributed by atoms with Crippen LogP contribution in [0.3, 0.4) is 0 Å². The van der Waals surface area contributed by atoms with Crippen molar-refractivity contribution in [3.05, 3.63) is 35.4 Å². The Labute approximate surface area is 72.7 Å². The van der Waals surface area contributed by atoms with Gasteiger partial charge in [0.05, 0.1) is 0 Å². The van der Waals surface area contributed by atoms with Crippen LogP contribution >= 0.6 is 0 Å². The monoisotopic (exact) mass is 160 g/mol. The van der Waals surface area contributed by atoms with E-state index >= 15 is 0 Å². The second-order valence-corrected chi connectivity index (χ2v) is 2.94.